The molecule has 0 saturated heterocycles. The Morgan fingerprint density at radius 1 is 0.935 bits per heavy atom. The fraction of sp³-hybridized carbons (Fsp3) is 0.154. The standard InChI is InChI=1S/C26H23NO4/c1-18-11-13-19(14-12-18)16-27(17-21-8-4-5-9-23(21)30-2)25(28)22-15-20-7-3-6-10-24(20)31-26(22)29/h3-15H,16-17H2,1-2H3. The molecule has 4 rings (SSSR count). The summed E-state index contributed by atoms with van der Waals surface area (Å²) in [5, 5.41) is 0.707. The lowest BCUT2D eigenvalue weighted by molar-refractivity contribution is 0.0724. The highest BCUT2D eigenvalue weighted by atomic mass is 16.5. The predicted octanol–water partition coefficient (Wildman–Crippen LogP) is 4.95. The first-order chi connectivity index (χ1) is 15.0. The Morgan fingerprint density at radius 2 is 1.65 bits per heavy atom. The normalized spacial score (nSPS) is 10.8. The molecule has 0 aliphatic heterocycles. The maximum Gasteiger partial charge on any atom is 0.349 e. The van der Waals surface area contributed by atoms with E-state index in [1.165, 1.54) is 0 Å². The van der Waals surface area contributed by atoms with Crippen LogP contribution in [-0.4, -0.2) is 17.9 Å². The van der Waals surface area contributed by atoms with Gasteiger partial charge in [-0.1, -0.05) is 66.2 Å². The number of rotatable bonds is 6. The smallest absolute Gasteiger partial charge is 0.349 e. The van der Waals surface area contributed by atoms with Gasteiger partial charge in [-0.25, -0.2) is 4.79 Å². The van der Waals surface area contributed by atoms with Crippen LogP contribution in [0.5, 0.6) is 5.75 Å². The molecule has 0 aliphatic carbocycles. The summed E-state index contributed by atoms with van der Waals surface area (Å²) in [6, 6.07) is 24.3. The van der Waals surface area contributed by atoms with Crippen molar-refractivity contribution in [2.45, 2.75) is 20.0 Å². The number of benzene rings is 3. The van der Waals surface area contributed by atoms with E-state index in [1.54, 1.807) is 30.2 Å². The van der Waals surface area contributed by atoms with Crippen LogP contribution >= 0.6 is 0 Å². The Morgan fingerprint density at radius 3 is 2.42 bits per heavy atom. The van der Waals surface area contributed by atoms with E-state index < -0.39 is 5.63 Å². The van der Waals surface area contributed by atoms with Gasteiger partial charge in [0.25, 0.3) is 5.91 Å². The van der Waals surface area contributed by atoms with Crippen molar-refractivity contribution in [1.82, 2.24) is 4.90 Å². The zero-order chi connectivity index (χ0) is 21.8. The lowest BCUT2D eigenvalue weighted by Crippen LogP contribution is -2.33. The molecule has 156 valence electrons. The predicted molar refractivity (Wildman–Crippen MR) is 120 cm³/mol. The van der Waals surface area contributed by atoms with Crippen molar-refractivity contribution in [3.05, 3.63) is 112 Å². The average molecular weight is 413 g/mol. The van der Waals surface area contributed by atoms with Crippen LogP contribution in [0.1, 0.15) is 27.0 Å². The number of ether oxygens (including phenoxy) is 1. The highest BCUT2D eigenvalue weighted by Crippen LogP contribution is 2.22. The van der Waals surface area contributed by atoms with Crippen LogP contribution in [0.15, 0.2) is 88.1 Å². The van der Waals surface area contributed by atoms with Gasteiger partial charge >= 0.3 is 5.63 Å². The summed E-state index contributed by atoms with van der Waals surface area (Å²) in [5.74, 6) is 0.306. The molecule has 1 aromatic heterocycles. The van der Waals surface area contributed by atoms with Gasteiger partial charge in [0.15, 0.2) is 0 Å². The summed E-state index contributed by atoms with van der Waals surface area (Å²) in [4.78, 5) is 27.8. The second-order valence-corrected chi connectivity index (χ2v) is 7.44. The Labute approximate surface area is 180 Å². The minimum Gasteiger partial charge on any atom is -0.496 e. The molecule has 1 heterocycles. The maximum atomic E-state index is 13.5. The highest BCUT2D eigenvalue weighted by molar-refractivity contribution is 5.96. The van der Waals surface area contributed by atoms with E-state index >= 15 is 0 Å². The molecule has 0 aliphatic rings. The zero-order valence-corrected chi connectivity index (χ0v) is 17.5. The summed E-state index contributed by atoms with van der Waals surface area (Å²) in [6.07, 6.45) is 0. The SMILES string of the molecule is COc1ccccc1CN(Cc1ccc(C)cc1)C(=O)c1cc2ccccc2oc1=O. The van der Waals surface area contributed by atoms with Crippen LogP contribution in [0.4, 0.5) is 0 Å². The van der Waals surface area contributed by atoms with Crippen LogP contribution < -0.4 is 10.4 Å². The molecule has 0 spiro atoms. The zero-order valence-electron chi connectivity index (χ0n) is 17.5. The molecule has 5 heteroatoms. The summed E-state index contributed by atoms with van der Waals surface area (Å²) < 4.78 is 10.9. The summed E-state index contributed by atoms with van der Waals surface area (Å²) >= 11 is 0. The fourth-order valence-corrected chi connectivity index (χ4v) is 3.53. The van der Waals surface area contributed by atoms with Gasteiger partial charge in [0.2, 0.25) is 0 Å². The monoisotopic (exact) mass is 413 g/mol. The Bertz CT molecular complexity index is 1270. The van der Waals surface area contributed by atoms with E-state index in [2.05, 4.69) is 0 Å². The van der Waals surface area contributed by atoms with E-state index in [4.69, 9.17) is 9.15 Å². The van der Waals surface area contributed by atoms with Gasteiger partial charge in [-0.3, -0.25) is 4.79 Å². The van der Waals surface area contributed by atoms with Crippen molar-refractivity contribution < 1.29 is 13.9 Å². The molecule has 0 radical (unpaired) electrons. The van der Waals surface area contributed by atoms with E-state index in [0.717, 1.165) is 16.7 Å². The van der Waals surface area contributed by atoms with Crippen LogP contribution in [-0.2, 0) is 13.1 Å². The number of hydrogen-bond donors (Lipinski definition) is 0. The third-order valence-electron chi connectivity index (χ3n) is 5.21. The van der Waals surface area contributed by atoms with Crippen LogP contribution in [0.25, 0.3) is 11.0 Å². The largest absolute Gasteiger partial charge is 0.496 e. The van der Waals surface area contributed by atoms with Gasteiger partial charge in [0, 0.05) is 24.0 Å². The molecule has 0 unspecified atom stereocenters. The number of carbonyl (C=O) groups excluding carboxylic acids is 1. The molecule has 4 aromatic rings. The van der Waals surface area contributed by atoms with Crippen molar-refractivity contribution in [3.63, 3.8) is 0 Å². The number of para-hydroxylation sites is 2. The number of carbonyl (C=O) groups is 1. The number of nitrogens with zero attached hydrogens (tertiary/aromatic N) is 1. The van der Waals surface area contributed by atoms with Crippen LogP contribution in [0, 0.1) is 6.92 Å². The van der Waals surface area contributed by atoms with E-state index in [-0.39, 0.29) is 11.5 Å². The third-order valence-corrected chi connectivity index (χ3v) is 5.21. The van der Waals surface area contributed by atoms with Crippen molar-refractivity contribution >= 4 is 16.9 Å². The molecule has 0 atom stereocenters. The van der Waals surface area contributed by atoms with Gasteiger partial charge in [0.05, 0.1) is 7.11 Å². The molecule has 0 N–H and O–H groups in total. The first-order valence-corrected chi connectivity index (χ1v) is 10.0. The molecule has 3 aromatic carbocycles. The first-order valence-electron chi connectivity index (χ1n) is 10.0. The van der Waals surface area contributed by atoms with Gasteiger partial charge < -0.3 is 14.1 Å². The first kappa shape index (κ1) is 20.4. The molecule has 0 saturated carbocycles. The average Bonchev–Trinajstić information content (AvgIpc) is 2.79. The number of amides is 1. The topological polar surface area (TPSA) is 59.8 Å². The van der Waals surface area contributed by atoms with Crippen molar-refractivity contribution in [3.8, 4) is 5.75 Å². The van der Waals surface area contributed by atoms with Gasteiger partial charge in [0.1, 0.15) is 16.9 Å². The number of hydrogen-bond acceptors (Lipinski definition) is 4. The number of fused-ring (bicyclic) bond motifs is 1. The van der Waals surface area contributed by atoms with E-state index in [9.17, 15) is 9.59 Å². The molecule has 5 nitrogen and oxygen atoms in total. The Hall–Kier alpha value is -3.86. The molecular formula is C26H23NO4. The van der Waals surface area contributed by atoms with Crippen LogP contribution in [0.2, 0.25) is 0 Å². The van der Waals surface area contributed by atoms with E-state index in [1.807, 2.05) is 67.6 Å². The van der Waals surface area contributed by atoms with Crippen molar-refractivity contribution in [1.29, 1.82) is 0 Å². The molecular weight excluding hydrogens is 390 g/mol. The summed E-state index contributed by atoms with van der Waals surface area (Å²) in [7, 11) is 1.60. The second-order valence-electron chi connectivity index (χ2n) is 7.44. The second kappa shape index (κ2) is 8.88. The quantitative estimate of drug-likeness (QED) is 0.420. The maximum absolute atomic E-state index is 13.5. The Kier molecular flexibility index (Phi) is 5.85. The van der Waals surface area contributed by atoms with Crippen molar-refractivity contribution in [2.75, 3.05) is 7.11 Å². The van der Waals surface area contributed by atoms with E-state index in [0.29, 0.717) is 29.8 Å². The van der Waals surface area contributed by atoms with Gasteiger partial charge in [-0.2, -0.15) is 0 Å². The highest BCUT2D eigenvalue weighted by Gasteiger charge is 2.22. The van der Waals surface area contributed by atoms with Gasteiger partial charge in [-0.05, 0) is 30.7 Å². The minimum atomic E-state index is -0.641. The number of methoxy groups -OCH3 is 1. The Balaban J connectivity index is 1.74. The fourth-order valence-electron chi connectivity index (χ4n) is 3.53. The minimum absolute atomic E-state index is 0.0145. The molecule has 0 fully saturated rings. The lowest BCUT2D eigenvalue weighted by Gasteiger charge is -2.24. The number of aryl methyl sites for hydroxylation is 1. The van der Waals surface area contributed by atoms with Gasteiger partial charge in [-0.15, -0.1) is 0 Å². The molecule has 0 bridgehead atoms. The summed E-state index contributed by atoms with van der Waals surface area (Å²) in [5.41, 5.74) is 2.80. The van der Waals surface area contributed by atoms with Crippen LogP contribution in [0.3, 0.4) is 0 Å². The van der Waals surface area contributed by atoms with Crippen molar-refractivity contribution in [2.24, 2.45) is 0 Å². The third kappa shape index (κ3) is 4.51. The molecule has 1 amide bonds. The lowest BCUT2D eigenvalue weighted by atomic mass is 10.1. The summed E-state index contributed by atoms with van der Waals surface area (Å²) in [6.45, 7) is 2.66. The molecule has 31 heavy (non-hydrogen) atoms.